The van der Waals surface area contributed by atoms with Crippen LogP contribution in [-0.4, -0.2) is 11.7 Å². The zero-order valence-corrected chi connectivity index (χ0v) is 13.3. The summed E-state index contributed by atoms with van der Waals surface area (Å²) in [5.41, 5.74) is 0.364. The molecule has 1 unspecified atom stereocenters. The molecule has 1 N–H and O–H groups in total. The van der Waals surface area contributed by atoms with Gasteiger partial charge >= 0.3 is 0 Å². The standard InChI is InChI=1S/C16H21BrF2O/c1-10-2-4-11(5-3-10)13(9-20)6-12-7-16(19)14(17)8-15(12)18/h7-8,10-11,13,20H,2-6,9H2,1H3. The van der Waals surface area contributed by atoms with E-state index in [0.717, 1.165) is 18.8 Å². The van der Waals surface area contributed by atoms with Crippen molar-refractivity contribution < 1.29 is 13.9 Å². The van der Waals surface area contributed by atoms with Crippen molar-refractivity contribution in [3.63, 3.8) is 0 Å². The normalized spacial score (nSPS) is 24.6. The van der Waals surface area contributed by atoms with E-state index in [0.29, 0.717) is 17.9 Å². The molecule has 0 aliphatic heterocycles. The molecule has 0 aromatic heterocycles. The van der Waals surface area contributed by atoms with Crippen molar-refractivity contribution in [2.45, 2.75) is 39.0 Å². The Morgan fingerprint density at radius 3 is 2.45 bits per heavy atom. The third-order valence-corrected chi connectivity index (χ3v) is 5.14. The van der Waals surface area contributed by atoms with Crippen LogP contribution in [0.5, 0.6) is 0 Å². The van der Waals surface area contributed by atoms with E-state index in [2.05, 4.69) is 22.9 Å². The van der Waals surface area contributed by atoms with Gasteiger partial charge in [-0.3, -0.25) is 0 Å². The lowest BCUT2D eigenvalue weighted by Gasteiger charge is -2.32. The predicted octanol–water partition coefficient (Wildman–Crippen LogP) is 4.70. The van der Waals surface area contributed by atoms with Crippen molar-refractivity contribution in [2.24, 2.45) is 17.8 Å². The highest BCUT2D eigenvalue weighted by atomic mass is 79.9. The summed E-state index contributed by atoms with van der Waals surface area (Å²) in [6, 6.07) is 2.41. The third-order valence-electron chi connectivity index (χ3n) is 4.53. The number of halogens is 3. The maximum Gasteiger partial charge on any atom is 0.137 e. The smallest absolute Gasteiger partial charge is 0.137 e. The highest BCUT2D eigenvalue weighted by Crippen LogP contribution is 2.35. The zero-order valence-electron chi connectivity index (χ0n) is 11.7. The van der Waals surface area contributed by atoms with Gasteiger partial charge < -0.3 is 5.11 Å². The van der Waals surface area contributed by atoms with Crippen molar-refractivity contribution in [2.75, 3.05) is 6.61 Å². The van der Waals surface area contributed by atoms with Crippen LogP contribution in [0.2, 0.25) is 0 Å². The molecule has 20 heavy (non-hydrogen) atoms. The van der Waals surface area contributed by atoms with Gasteiger partial charge in [0.2, 0.25) is 0 Å². The van der Waals surface area contributed by atoms with E-state index in [1.54, 1.807) is 0 Å². The summed E-state index contributed by atoms with van der Waals surface area (Å²) in [4.78, 5) is 0. The minimum atomic E-state index is -0.449. The van der Waals surface area contributed by atoms with Crippen LogP contribution in [0.15, 0.2) is 16.6 Å². The molecule has 1 aromatic rings. The van der Waals surface area contributed by atoms with Crippen LogP contribution >= 0.6 is 15.9 Å². The fourth-order valence-electron chi connectivity index (χ4n) is 3.14. The number of rotatable bonds is 4. The minimum absolute atomic E-state index is 0.0255. The zero-order chi connectivity index (χ0) is 14.7. The topological polar surface area (TPSA) is 20.2 Å². The van der Waals surface area contributed by atoms with E-state index in [-0.39, 0.29) is 17.0 Å². The summed E-state index contributed by atoms with van der Waals surface area (Å²) in [6.45, 7) is 2.28. The maximum atomic E-state index is 13.9. The van der Waals surface area contributed by atoms with Gasteiger partial charge in [-0.15, -0.1) is 0 Å². The molecule has 1 nitrogen and oxygen atoms in total. The highest BCUT2D eigenvalue weighted by molar-refractivity contribution is 9.10. The molecule has 0 saturated heterocycles. The molecule has 1 fully saturated rings. The average molecular weight is 347 g/mol. The first-order valence-electron chi connectivity index (χ1n) is 7.25. The van der Waals surface area contributed by atoms with E-state index >= 15 is 0 Å². The summed E-state index contributed by atoms with van der Waals surface area (Å²) < 4.78 is 27.6. The lowest BCUT2D eigenvalue weighted by molar-refractivity contribution is 0.133. The molecule has 0 amide bonds. The second-order valence-corrected chi connectivity index (χ2v) is 6.88. The summed E-state index contributed by atoms with van der Waals surface area (Å²) in [5, 5.41) is 9.59. The third kappa shape index (κ3) is 3.79. The summed E-state index contributed by atoms with van der Waals surface area (Å²) in [5.74, 6) is 0.337. The van der Waals surface area contributed by atoms with Gasteiger partial charge in [0.1, 0.15) is 11.6 Å². The Labute approximate surface area is 127 Å². The van der Waals surface area contributed by atoms with Gasteiger partial charge in [0.15, 0.2) is 0 Å². The van der Waals surface area contributed by atoms with Crippen molar-refractivity contribution in [1.29, 1.82) is 0 Å². The Hall–Kier alpha value is -0.480. The molecule has 1 aromatic carbocycles. The first-order chi connectivity index (χ1) is 9.51. The SMILES string of the molecule is CC1CCC(C(CO)Cc2cc(F)c(Br)cc2F)CC1. The van der Waals surface area contributed by atoms with Gasteiger partial charge in [0, 0.05) is 6.61 Å². The first-order valence-corrected chi connectivity index (χ1v) is 8.04. The molecule has 0 spiro atoms. The van der Waals surface area contributed by atoms with Crippen LogP contribution in [-0.2, 0) is 6.42 Å². The highest BCUT2D eigenvalue weighted by Gasteiger charge is 2.26. The lowest BCUT2D eigenvalue weighted by atomic mass is 9.75. The van der Waals surface area contributed by atoms with Crippen LogP contribution in [0.25, 0.3) is 0 Å². The van der Waals surface area contributed by atoms with E-state index in [1.165, 1.54) is 25.0 Å². The second-order valence-electron chi connectivity index (χ2n) is 6.02. The molecule has 0 heterocycles. The predicted molar refractivity (Wildman–Crippen MR) is 79.5 cm³/mol. The first kappa shape index (κ1) is 15.9. The summed E-state index contributed by atoms with van der Waals surface area (Å²) >= 11 is 2.98. The Kier molecular flexibility index (Phi) is 5.56. The lowest BCUT2D eigenvalue weighted by Crippen LogP contribution is -2.25. The average Bonchev–Trinajstić information content (AvgIpc) is 2.42. The number of aliphatic hydroxyl groups excluding tert-OH is 1. The molecule has 112 valence electrons. The van der Waals surface area contributed by atoms with Gasteiger partial charge in [-0.05, 0) is 70.6 Å². The Morgan fingerprint density at radius 2 is 1.85 bits per heavy atom. The summed E-state index contributed by atoms with van der Waals surface area (Å²) in [7, 11) is 0. The monoisotopic (exact) mass is 346 g/mol. The van der Waals surface area contributed by atoms with E-state index in [1.807, 2.05) is 0 Å². The van der Waals surface area contributed by atoms with Gasteiger partial charge in [0.25, 0.3) is 0 Å². The minimum Gasteiger partial charge on any atom is -0.396 e. The number of aliphatic hydroxyl groups is 1. The van der Waals surface area contributed by atoms with Crippen molar-refractivity contribution in [3.8, 4) is 0 Å². The fourth-order valence-corrected chi connectivity index (χ4v) is 3.46. The molecule has 0 bridgehead atoms. The van der Waals surface area contributed by atoms with Gasteiger partial charge in [-0.2, -0.15) is 0 Å². The molecule has 1 atom stereocenters. The van der Waals surface area contributed by atoms with Gasteiger partial charge in [0.05, 0.1) is 4.47 Å². The van der Waals surface area contributed by atoms with Crippen LogP contribution < -0.4 is 0 Å². The van der Waals surface area contributed by atoms with Crippen molar-refractivity contribution >= 4 is 15.9 Å². The van der Waals surface area contributed by atoms with E-state index in [9.17, 15) is 13.9 Å². The Balaban J connectivity index is 2.08. The molecular weight excluding hydrogens is 326 g/mol. The molecule has 1 aliphatic carbocycles. The Morgan fingerprint density at radius 1 is 1.20 bits per heavy atom. The van der Waals surface area contributed by atoms with Gasteiger partial charge in [-0.1, -0.05) is 19.8 Å². The van der Waals surface area contributed by atoms with E-state index < -0.39 is 11.6 Å². The molecule has 0 radical (unpaired) electrons. The Bertz CT molecular complexity index is 456. The number of benzene rings is 1. The van der Waals surface area contributed by atoms with Crippen molar-refractivity contribution in [1.82, 2.24) is 0 Å². The quantitative estimate of drug-likeness (QED) is 0.783. The van der Waals surface area contributed by atoms with Crippen LogP contribution in [0.4, 0.5) is 8.78 Å². The molecular formula is C16H21BrF2O. The molecule has 2 rings (SSSR count). The number of hydrogen-bond acceptors (Lipinski definition) is 1. The van der Waals surface area contributed by atoms with Crippen LogP contribution in [0.3, 0.4) is 0 Å². The van der Waals surface area contributed by atoms with Gasteiger partial charge in [-0.25, -0.2) is 8.78 Å². The molecule has 1 saturated carbocycles. The molecule has 1 aliphatic rings. The van der Waals surface area contributed by atoms with E-state index in [4.69, 9.17) is 0 Å². The van der Waals surface area contributed by atoms with Crippen LogP contribution in [0, 0.1) is 29.4 Å². The van der Waals surface area contributed by atoms with Crippen molar-refractivity contribution in [3.05, 3.63) is 33.8 Å². The fraction of sp³-hybridized carbons (Fsp3) is 0.625. The second kappa shape index (κ2) is 6.99. The largest absolute Gasteiger partial charge is 0.396 e. The van der Waals surface area contributed by atoms with Crippen LogP contribution in [0.1, 0.15) is 38.2 Å². The number of hydrogen-bond donors (Lipinski definition) is 1. The maximum absolute atomic E-state index is 13.9. The summed E-state index contributed by atoms with van der Waals surface area (Å²) in [6.07, 6.45) is 4.89. The molecule has 4 heteroatoms.